The van der Waals surface area contributed by atoms with Crippen LogP contribution in [-0.4, -0.2) is 41.9 Å². The van der Waals surface area contributed by atoms with Gasteiger partial charge in [0.15, 0.2) is 0 Å². The van der Waals surface area contributed by atoms with E-state index in [4.69, 9.17) is 0 Å². The maximum absolute atomic E-state index is 13.0. The summed E-state index contributed by atoms with van der Waals surface area (Å²) in [6.07, 6.45) is 3.54. The van der Waals surface area contributed by atoms with Crippen molar-refractivity contribution in [3.05, 3.63) is 48.0 Å². The smallest absolute Gasteiger partial charge is 0.325 e. The lowest BCUT2D eigenvalue weighted by molar-refractivity contribution is -0.135. The van der Waals surface area contributed by atoms with Crippen molar-refractivity contribution in [2.45, 2.75) is 24.8 Å². The minimum Gasteiger partial charge on any atom is -0.334 e. The highest BCUT2D eigenvalue weighted by Crippen LogP contribution is 2.39. The number of carbonyl (C=O) groups excluding carboxylic acids is 4. The maximum atomic E-state index is 13.0. The predicted octanol–water partition coefficient (Wildman–Crippen LogP) is 0.782. The van der Waals surface area contributed by atoms with Crippen molar-refractivity contribution in [3.8, 4) is 0 Å². The summed E-state index contributed by atoms with van der Waals surface area (Å²) in [6, 6.07) is 6.15. The van der Waals surface area contributed by atoms with Crippen LogP contribution < -0.4 is 16.0 Å². The molecule has 0 bridgehead atoms. The highest BCUT2D eigenvalue weighted by molar-refractivity contribution is 6.10. The van der Waals surface area contributed by atoms with Gasteiger partial charge in [-0.3, -0.25) is 19.8 Å². The van der Waals surface area contributed by atoms with E-state index in [1.54, 1.807) is 0 Å². The summed E-state index contributed by atoms with van der Waals surface area (Å²) in [5.41, 5.74) is 0.663. The van der Waals surface area contributed by atoms with E-state index in [0.29, 0.717) is 6.42 Å². The molecule has 1 aromatic carbocycles. The minimum atomic E-state index is -1.13. The van der Waals surface area contributed by atoms with Crippen LogP contribution in [0.15, 0.2) is 36.9 Å². The number of benzene rings is 1. The molecule has 1 spiro atoms. The van der Waals surface area contributed by atoms with Gasteiger partial charge in [-0.1, -0.05) is 30.3 Å². The van der Waals surface area contributed by atoms with Gasteiger partial charge in [0.25, 0.3) is 5.91 Å². The average molecular weight is 356 g/mol. The average Bonchev–Trinajstić information content (AvgIpc) is 2.85. The largest absolute Gasteiger partial charge is 0.334 e. The first kappa shape index (κ1) is 17.7. The summed E-state index contributed by atoms with van der Waals surface area (Å²) >= 11 is 0. The van der Waals surface area contributed by atoms with E-state index in [9.17, 15) is 19.2 Å². The summed E-state index contributed by atoms with van der Waals surface area (Å²) in [7, 11) is 0. The van der Waals surface area contributed by atoms with Crippen molar-refractivity contribution in [1.82, 2.24) is 20.9 Å². The van der Waals surface area contributed by atoms with Crippen molar-refractivity contribution < 1.29 is 19.2 Å². The van der Waals surface area contributed by atoms with Crippen molar-refractivity contribution >= 4 is 23.9 Å². The molecule has 1 saturated heterocycles. The number of rotatable bonds is 4. The van der Waals surface area contributed by atoms with Gasteiger partial charge in [-0.2, -0.15) is 0 Å². The summed E-state index contributed by atoms with van der Waals surface area (Å²) in [6.45, 7) is 3.13. The molecule has 1 aliphatic carbocycles. The first-order valence-electron chi connectivity index (χ1n) is 8.39. The van der Waals surface area contributed by atoms with E-state index in [-0.39, 0.29) is 6.54 Å². The lowest BCUT2D eigenvalue weighted by Crippen LogP contribution is -2.48. The van der Waals surface area contributed by atoms with Crippen LogP contribution in [0.1, 0.15) is 24.0 Å². The molecule has 136 valence electrons. The quantitative estimate of drug-likeness (QED) is 0.547. The number of aryl methyl sites for hydroxylation is 1. The molecule has 0 saturated carbocycles. The molecule has 1 fully saturated rings. The van der Waals surface area contributed by atoms with Gasteiger partial charge in [0.1, 0.15) is 12.1 Å². The van der Waals surface area contributed by atoms with Gasteiger partial charge in [-0.25, -0.2) is 9.59 Å². The fourth-order valence-electron chi connectivity index (χ4n) is 3.47. The van der Waals surface area contributed by atoms with E-state index in [0.717, 1.165) is 28.9 Å². The molecule has 1 atom stereocenters. The second-order valence-electron chi connectivity index (χ2n) is 6.28. The second-order valence-corrected chi connectivity index (χ2v) is 6.28. The summed E-state index contributed by atoms with van der Waals surface area (Å²) in [5.74, 6) is -1.20. The summed E-state index contributed by atoms with van der Waals surface area (Å²) in [5, 5.41) is 7.23. The Morgan fingerprint density at radius 1 is 1.31 bits per heavy atom. The topological polar surface area (TPSA) is 108 Å². The molecule has 2 aliphatic rings. The summed E-state index contributed by atoms with van der Waals surface area (Å²) < 4.78 is 0. The Kier molecular flexibility index (Phi) is 4.75. The molecule has 3 rings (SSSR count). The number of urea groups is 2. The Bertz CT molecular complexity index is 791. The Morgan fingerprint density at radius 2 is 2.08 bits per heavy atom. The number of nitrogens with one attached hydrogen (secondary N) is 3. The number of hydrogen-bond acceptors (Lipinski definition) is 4. The third kappa shape index (κ3) is 3.05. The molecule has 1 unspecified atom stereocenters. The zero-order valence-corrected chi connectivity index (χ0v) is 14.2. The Morgan fingerprint density at radius 3 is 2.85 bits per heavy atom. The highest BCUT2D eigenvalue weighted by Gasteiger charge is 2.54. The lowest BCUT2D eigenvalue weighted by atomic mass is 9.76. The van der Waals surface area contributed by atoms with Crippen molar-refractivity contribution in [3.63, 3.8) is 0 Å². The van der Waals surface area contributed by atoms with Gasteiger partial charge in [0.05, 0.1) is 0 Å². The SMILES string of the molecule is C=CCNC(=O)NC(=O)CN1C(=O)NC2(CCCc3ccccc32)C1=O. The first-order valence-corrected chi connectivity index (χ1v) is 8.39. The van der Waals surface area contributed by atoms with Crippen LogP contribution in [0.5, 0.6) is 0 Å². The van der Waals surface area contributed by atoms with E-state index < -0.39 is 36.0 Å². The molecule has 1 aromatic rings. The van der Waals surface area contributed by atoms with E-state index in [1.165, 1.54) is 6.08 Å². The van der Waals surface area contributed by atoms with Crippen molar-refractivity contribution in [2.24, 2.45) is 0 Å². The Labute approximate surface area is 150 Å². The summed E-state index contributed by atoms with van der Waals surface area (Å²) in [4.78, 5) is 49.7. The number of amides is 6. The zero-order valence-electron chi connectivity index (χ0n) is 14.2. The number of fused-ring (bicyclic) bond motifs is 2. The zero-order chi connectivity index (χ0) is 18.7. The van der Waals surface area contributed by atoms with Gasteiger partial charge in [-0.15, -0.1) is 6.58 Å². The van der Waals surface area contributed by atoms with E-state index in [1.807, 2.05) is 24.3 Å². The van der Waals surface area contributed by atoms with Gasteiger partial charge in [0.2, 0.25) is 5.91 Å². The number of hydrogen-bond donors (Lipinski definition) is 3. The molecule has 1 heterocycles. The van der Waals surface area contributed by atoms with Crippen LogP contribution in [0.25, 0.3) is 0 Å². The molecule has 26 heavy (non-hydrogen) atoms. The van der Waals surface area contributed by atoms with Crippen LogP contribution in [0, 0.1) is 0 Å². The Balaban J connectivity index is 1.75. The number of nitrogens with zero attached hydrogens (tertiary/aromatic N) is 1. The Hall–Kier alpha value is -3.16. The first-order chi connectivity index (χ1) is 12.5. The van der Waals surface area contributed by atoms with Gasteiger partial charge >= 0.3 is 12.1 Å². The minimum absolute atomic E-state index is 0.197. The fraction of sp³-hybridized carbons (Fsp3) is 0.333. The van der Waals surface area contributed by atoms with Crippen molar-refractivity contribution in [1.29, 1.82) is 0 Å². The number of carbonyl (C=O) groups is 4. The lowest BCUT2D eigenvalue weighted by Gasteiger charge is -2.33. The standard InChI is InChI=1S/C18H20N4O4/c1-2-10-19-16(25)20-14(23)11-22-15(24)18(21-17(22)26)9-5-7-12-6-3-4-8-13(12)18/h2-4,6,8H,1,5,7,9-11H2,(H,21,26)(H2,19,20,23,25). The van der Waals surface area contributed by atoms with Crippen LogP contribution in [0.2, 0.25) is 0 Å². The monoisotopic (exact) mass is 356 g/mol. The molecule has 6 amide bonds. The number of imide groups is 2. The van der Waals surface area contributed by atoms with Gasteiger partial charge < -0.3 is 10.6 Å². The van der Waals surface area contributed by atoms with E-state index in [2.05, 4.69) is 22.5 Å². The molecular formula is C18H20N4O4. The highest BCUT2D eigenvalue weighted by atomic mass is 16.2. The van der Waals surface area contributed by atoms with Gasteiger partial charge in [-0.05, 0) is 30.4 Å². The molecule has 0 aromatic heterocycles. The van der Waals surface area contributed by atoms with Crippen LogP contribution in [0.4, 0.5) is 9.59 Å². The molecule has 8 nitrogen and oxygen atoms in total. The van der Waals surface area contributed by atoms with Crippen molar-refractivity contribution in [2.75, 3.05) is 13.1 Å². The van der Waals surface area contributed by atoms with Crippen LogP contribution in [0.3, 0.4) is 0 Å². The molecular weight excluding hydrogens is 336 g/mol. The third-order valence-electron chi connectivity index (χ3n) is 4.61. The molecule has 3 N–H and O–H groups in total. The van der Waals surface area contributed by atoms with Gasteiger partial charge in [0, 0.05) is 6.54 Å². The second kappa shape index (κ2) is 6.99. The molecule has 0 radical (unpaired) electrons. The molecule has 1 aliphatic heterocycles. The van der Waals surface area contributed by atoms with E-state index >= 15 is 0 Å². The third-order valence-corrected chi connectivity index (χ3v) is 4.61. The van der Waals surface area contributed by atoms with Crippen LogP contribution >= 0.6 is 0 Å². The normalized spacial score (nSPS) is 21.2. The predicted molar refractivity (Wildman–Crippen MR) is 93.0 cm³/mol. The fourth-order valence-corrected chi connectivity index (χ4v) is 3.47. The van der Waals surface area contributed by atoms with Crippen LogP contribution in [-0.2, 0) is 21.5 Å². The maximum Gasteiger partial charge on any atom is 0.325 e. The molecule has 8 heteroatoms.